The number of aromatic nitrogens is 1. The van der Waals surface area contributed by atoms with E-state index in [0.717, 1.165) is 17.9 Å². The molecule has 27 heavy (non-hydrogen) atoms. The number of rotatable bonds is 7. The SMILES string of the molecule is CCOc1ccc(Oc2cc(C(=NCC3CCCCC3)NO)ccn2)cc1. The lowest BCUT2D eigenvalue weighted by Gasteiger charge is -2.19. The number of hydrogen-bond donors (Lipinski definition) is 2. The quantitative estimate of drug-likeness (QED) is 0.424. The first-order valence-electron chi connectivity index (χ1n) is 9.60. The predicted molar refractivity (Wildman–Crippen MR) is 105 cm³/mol. The first-order chi connectivity index (χ1) is 13.3. The van der Waals surface area contributed by atoms with Crippen molar-refractivity contribution >= 4 is 5.84 Å². The zero-order valence-electron chi connectivity index (χ0n) is 15.7. The maximum absolute atomic E-state index is 9.51. The van der Waals surface area contributed by atoms with Gasteiger partial charge in [0.15, 0.2) is 5.84 Å². The van der Waals surface area contributed by atoms with Gasteiger partial charge in [-0.15, -0.1) is 0 Å². The van der Waals surface area contributed by atoms with Crippen LogP contribution in [0.15, 0.2) is 47.6 Å². The highest BCUT2D eigenvalue weighted by Crippen LogP contribution is 2.25. The molecule has 1 saturated carbocycles. The molecule has 1 aliphatic carbocycles. The van der Waals surface area contributed by atoms with Crippen LogP contribution in [0.5, 0.6) is 17.4 Å². The fourth-order valence-corrected chi connectivity index (χ4v) is 3.29. The maximum Gasteiger partial charge on any atom is 0.219 e. The van der Waals surface area contributed by atoms with Crippen LogP contribution in [-0.2, 0) is 0 Å². The molecular formula is C21H27N3O3. The summed E-state index contributed by atoms with van der Waals surface area (Å²) in [6, 6.07) is 10.9. The van der Waals surface area contributed by atoms with Gasteiger partial charge >= 0.3 is 0 Å². The molecular weight excluding hydrogens is 342 g/mol. The highest BCUT2D eigenvalue weighted by atomic mass is 16.5. The van der Waals surface area contributed by atoms with Crippen LogP contribution in [0.4, 0.5) is 0 Å². The Balaban J connectivity index is 1.67. The van der Waals surface area contributed by atoms with Gasteiger partial charge in [-0.25, -0.2) is 4.98 Å². The highest BCUT2D eigenvalue weighted by Gasteiger charge is 2.14. The van der Waals surface area contributed by atoms with Gasteiger partial charge in [-0.3, -0.25) is 15.7 Å². The fourth-order valence-electron chi connectivity index (χ4n) is 3.29. The van der Waals surface area contributed by atoms with Crippen LogP contribution in [0.2, 0.25) is 0 Å². The largest absolute Gasteiger partial charge is 0.494 e. The Bertz CT molecular complexity index is 741. The number of benzene rings is 1. The van der Waals surface area contributed by atoms with E-state index in [1.165, 1.54) is 32.1 Å². The van der Waals surface area contributed by atoms with Crippen molar-refractivity contribution in [2.75, 3.05) is 13.2 Å². The molecule has 6 nitrogen and oxygen atoms in total. The maximum atomic E-state index is 9.51. The average molecular weight is 369 g/mol. The summed E-state index contributed by atoms with van der Waals surface area (Å²) in [6.07, 6.45) is 7.94. The topological polar surface area (TPSA) is 76.0 Å². The minimum atomic E-state index is 0.442. The van der Waals surface area contributed by atoms with E-state index in [-0.39, 0.29) is 0 Å². The number of nitrogens with zero attached hydrogens (tertiary/aromatic N) is 2. The van der Waals surface area contributed by atoms with E-state index in [1.807, 2.05) is 31.2 Å². The molecule has 1 aromatic carbocycles. The number of hydroxylamine groups is 1. The van der Waals surface area contributed by atoms with E-state index in [1.54, 1.807) is 18.3 Å². The van der Waals surface area contributed by atoms with Crippen molar-refractivity contribution in [3.05, 3.63) is 48.2 Å². The third-order valence-corrected chi connectivity index (χ3v) is 4.70. The first kappa shape index (κ1) is 19.2. The summed E-state index contributed by atoms with van der Waals surface area (Å²) in [4.78, 5) is 8.81. The Hall–Kier alpha value is -2.60. The lowest BCUT2D eigenvalue weighted by Crippen LogP contribution is -2.22. The van der Waals surface area contributed by atoms with E-state index < -0.39 is 0 Å². The second-order valence-corrected chi connectivity index (χ2v) is 6.69. The minimum absolute atomic E-state index is 0.442. The Kier molecular flexibility index (Phi) is 7.04. The summed E-state index contributed by atoms with van der Waals surface area (Å²) < 4.78 is 11.2. The number of pyridine rings is 1. The van der Waals surface area contributed by atoms with Gasteiger partial charge in [0.25, 0.3) is 0 Å². The van der Waals surface area contributed by atoms with Crippen LogP contribution in [-0.4, -0.2) is 29.2 Å². The number of nitrogens with one attached hydrogen (secondary N) is 1. The Morgan fingerprint density at radius 1 is 1.15 bits per heavy atom. The molecule has 144 valence electrons. The molecule has 0 unspecified atom stereocenters. The van der Waals surface area contributed by atoms with Gasteiger partial charge in [-0.1, -0.05) is 19.3 Å². The second kappa shape index (κ2) is 9.92. The van der Waals surface area contributed by atoms with Crippen LogP contribution < -0.4 is 15.0 Å². The van der Waals surface area contributed by atoms with E-state index in [2.05, 4.69) is 15.5 Å². The van der Waals surface area contributed by atoms with Crippen molar-refractivity contribution in [2.24, 2.45) is 10.9 Å². The molecule has 0 spiro atoms. The average Bonchev–Trinajstić information content (AvgIpc) is 2.71. The molecule has 0 bridgehead atoms. The van der Waals surface area contributed by atoms with Crippen molar-refractivity contribution < 1.29 is 14.7 Å². The molecule has 0 atom stereocenters. The molecule has 1 fully saturated rings. The van der Waals surface area contributed by atoms with E-state index in [0.29, 0.717) is 30.0 Å². The van der Waals surface area contributed by atoms with Crippen LogP contribution in [0, 0.1) is 5.92 Å². The predicted octanol–water partition coefficient (Wildman–Crippen LogP) is 4.58. The fraction of sp³-hybridized carbons (Fsp3) is 0.429. The van der Waals surface area contributed by atoms with Crippen molar-refractivity contribution in [1.82, 2.24) is 10.5 Å². The Morgan fingerprint density at radius 2 is 1.89 bits per heavy atom. The molecule has 0 amide bonds. The summed E-state index contributed by atoms with van der Waals surface area (Å²) >= 11 is 0. The number of ether oxygens (including phenoxy) is 2. The zero-order valence-corrected chi connectivity index (χ0v) is 15.7. The lowest BCUT2D eigenvalue weighted by molar-refractivity contribution is 0.234. The number of hydrogen-bond acceptors (Lipinski definition) is 5. The number of amidine groups is 1. The Morgan fingerprint density at radius 3 is 2.59 bits per heavy atom. The minimum Gasteiger partial charge on any atom is -0.494 e. The van der Waals surface area contributed by atoms with Crippen LogP contribution in [0.3, 0.4) is 0 Å². The highest BCUT2D eigenvalue weighted by molar-refractivity contribution is 5.98. The molecule has 1 aliphatic rings. The second-order valence-electron chi connectivity index (χ2n) is 6.69. The van der Waals surface area contributed by atoms with Crippen molar-refractivity contribution in [3.63, 3.8) is 0 Å². The molecule has 0 radical (unpaired) electrons. The molecule has 2 N–H and O–H groups in total. The molecule has 3 rings (SSSR count). The smallest absolute Gasteiger partial charge is 0.219 e. The van der Waals surface area contributed by atoms with Gasteiger partial charge in [-0.05, 0) is 56.0 Å². The van der Waals surface area contributed by atoms with Crippen molar-refractivity contribution in [2.45, 2.75) is 39.0 Å². The molecule has 0 aliphatic heterocycles. The standard InChI is InChI=1S/C21H27N3O3/c1-2-26-18-8-10-19(11-9-18)27-20-14-17(12-13-22-20)21(24-25)23-15-16-6-4-3-5-7-16/h8-14,16,25H,2-7,15H2,1H3,(H,23,24). The lowest BCUT2D eigenvalue weighted by atomic mass is 9.89. The van der Waals surface area contributed by atoms with Gasteiger partial charge in [0, 0.05) is 24.4 Å². The van der Waals surface area contributed by atoms with Gasteiger partial charge < -0.3 is 9.47 Å². The van der Waals surface area contributed by atoms with Crippen LogP contribution in [0.1, 0.15) is 44.6 Å². The van der Waals surface area contributed by atoms with E-state index >= 15 is 0 Å². The third kappa shape index (κ3) is 5.69. The van der Waals surface area contributed by atoms with E-state index in [4.69, 9.17) is 9.47 Å². The number of aliphatic imine (C=N–C) groups is 1. The molecule has 1 aromatic heterocycles. The van der Waals surface area contributed by atoms with Crippen LogP contribution in [0.25, 0.3) is 0 Å². The van der Waals surface area contributed by atoms with Gasteiger partial charge in [-0.2, -0.15) is 0 Å². The Labute approximate surface area is 160 Å². The van der Waals surface area contributed by atoms with Crippen molar-refractivity contribution in [1.29, 1.82) is 0 Å². The first-order valence-corrected chi connectivity index (χ1v) is 9.60. The molecule has 1 heterocycles. The summed E-state index contributed by atoms with van der Waals surface area (Å²) in [5, 5.41) is 9.51. The summed E-state index contributed by atoms with van der Waals surface area (Å²) in [6.45, 7) is 3.30. The molecule has 2 aromatic rings. The summed E-state index contributed by atoms with van der Waals surface area (Å²) in [5.41, 5.74) is 2.96. The zero-order chi connectivity index (χ0) is 18.9. The van der Waals surface area contributed by atoms with Gasteiger partial charge in [0.1, 0.15) is 11.5 Å². The van der Waals surface area contributed by atoms with E-state index in [9.17, 15) is 5.21 Å². The van der Waals surface area contributed by atoms with Crippen molar-refractivity contribution in [3.8, 4) is 17.4 Å². The van der Waals surface area contributed by atoms with Crippen LogP contribution >= 0.6 is 0 Å². The monoisotopic (exact) mass is 369 g/mol. The normalized spacial score (nSPS) is 15.4. The summed E-state index contributed by atoms with van der Waals surface area (Å²) in [5.74, 6) is 2.95. The molecule has 6 heteroatoms. The molecule has 0 saturated heterocycles. The van der Waals surface area contributed by atoms with Gasteiger partial charge in [0.05, 0.1) is 6.61 Å². The third-order valence-electron chi connectivity index (χ3n) is 4.70. The van der Waals surface area contributed by atoms with Gasteiger partial charge in [0.2, 0.25) is 5.88 Å². The summed E-state index contributed by atoms with van der Waals surface area (Å²) in [7, 11) is 0.